The minimum absolute atomic E-state index is 0.354. The first-order valence-electron chi connectivity index (χ1n) is 5.77. The van der Waals surface area contributed by atoms with E-state index >= 15 is 0 Å². The van der Waals surface area contributed by atoms with Crippen LogP contribution >= 0.6 is 0 Å². The van der Waals surface area contributed by atoms with Gasteiger partial charge in [0.25, 0.3) is 0 Å². The summed E-state index contributed by atoms with van der Waals surface area (Å²) < 4.78 is 0. The summed E-state index contributed by atoms with van der Waals surface area (Å²) in [6, 6.07) is 0.354. The molecule has 1 heterocycles. The van der Waals surface area contributed by atoms with Gasteiger partial charge in [0.2, 0.25) is 0 Å². The molecule has 0 aliphatic carbocycles. The summed E-state index contributed by atoms with van der Waals surface area (Å²) in [5, 5.41) is 3.51. The summed E-state index contributed by atoms with van der Waals surface area (Å²) in [7, 11) is 0. The van der Waals surface area contributed by atoms with Crippen molar-refractivity contribution in [3.05, 3.63) is 0 Å². The Morgan fingerprint density at radius 1 is 1.15 bits per heavy atom. The molecule has 0 amide bonds. The van der Waals surface area contributed by atoms with Gasteiger partial charge in [0, 0.05) is 6.04 Å². The molecule has 3 N–H and O–H groups in total. The average molecular weight is 184 g/mol. The van der Waals surface area contributed by atoms with Crippen LogP contribution in [-0.4, -0.2) is 19.1 Å². The second-order valence-electron chi connectivity index (χ2n) is 4.38. The molecule has 0 spiro atoms. The number of hydrogen-bond donors (Lipinski definition) is 2. The Hall–Kier alpha value is -0.0800. The highest BCUT2D eigenvalue weighted by molar-refractivity contribution is 4.72. The molecule has 0 aromatic rings. The van der Waals surface area contributed by atoms with Crippen molar-refractivity contribution >= 4 is 0 Å². The summed E-state index contributed by atoms with van der Waals surface area (Å²) in [6.07, 6.45) is 8.23. The van der Waals surface area contributed by atoms with Crippen molar-refractivity contribution in [2.24, 2.45) is 11.7 Å². The Morgan fingerprint density at radius 3 is 2.62 bits per heavy atom. The maximum absolute atomic E-state index is 5.94. The summed E-state index contributed by atoms with van der Waals surface area (Å²) in [4.78, 5) is 0. The molecule has 0 saturated carbocycles. The van der Waals surface area contributed by atoms with Crippen LogP contribution in [0.1, 0.15) is 45.4 Å². The Balaban J connectivity index is 2.26. The van der Waals surface area contributed by atoms with Gasteiger partial charge >= 0.3 is 0 Å². The lowest BCUT2D eigenvalue weighted by Gasteiger charge is -2.22. The zero-order chi connectivity index (χ0) is 9.52. The highest BCUT2D eigenvalue weighted by atomic mass is 14.9. The quantitative estimate of drug-likeness (QED) is 0.653. The molecule has 0 radical (unpaired) electrons. The van der Waals surface area contributed by atoms with Crippen LogP contribution in [0, 0.1) is 5.92 Å². The normalized spacial score (nSPS) is 29.5. The molecule has 1 aliphatic rings. The Kier molecular flexibility index (Phi) is 5.40. The van der Waals surface area contributed by atoms with Crippen LogP contribution in [0.3, 0.4) is 0 Å². The van der Waals surface area contributed by atoms with Crippen LogP contribution in [0.4, 0.5) is 0 Å². The third kappa shape index (κ3) is 4.63. The molecule has 0 bridgehead atoms. The molecular formula is C11H24N2. The van der Waals surface area contributed by atoms with Crippen LogP contribution in [0.15, 0.2) is 0 Å². The predicted molar refractivity (Wildman–Crippen MR) is 57.7 cm³/mol. The minimum Gasteiger partial charge on any atom is -0.328 e. The number of rotatable bonds is 1. The van der Waals surface area contributed by atoms with Crippen molar-refractivity contribution in [1.82, 2.24) is 5.32 Å². The van der Waals surface area contributed by atoms with E-state index in [9.17, 15) is 0 Å². The van der Waals surface area contributed by atoms with Crippen LogP contribution in [0.25, 0.3) is 0 Å². The monoisotopic (exact) mass is 184 g/mol. The zero-order valence-corrected chi connectivity index (χ0v) is 8.89. The SMILES string of the molecule is CC(N)C1CCCCCCCNC1. The summed E-state index contributed by atoms with van der Waals surface area (Å²) in [5.74, 6) is 0.693. The third-order valence-electron chi connectivity index (χ3n) is 3.08. The fourth-order valence-electron chi connectivity index (χ4n) is 2.03. The van der Waals surface area contributed by atoms with Crippen molar-refractivity contribution in [3.63, 3.8) is 0 Å². The van der Waals surface area contributed by atoms with Gasteiger partial charge in [-0.3, -0.25) is 0 Å². The molecule has 0 aromatic carbocycles. The molecular weight excluding hydrogens is 160 g/mol. The molecule has 13 heavy (non-hydrogen) atoms. The molecule has 2 heteroatoms. The first-order chi connectivity index (χ1) is 6.30. The lowest BCUT2D eigenvalue weighted by Crippen LogP contribution is -2.35. The fraction of sp³-hybridized carbons (Fsp3) is 1.00. The average Bonchev–Trinajstić information content (AvgIpc) is 2.14. The number of nitrogens with two attached hydrogens (primary N) is 1. The highest BCUT2D eigenvalue weighted by Crippen LogP contribution is 2.14. The standard InChI is InChI=1S/C11H24N2/c1-10(12)11-7-5-3-2-4-6-8-13-9-11/h10-11,13H,2-9,12H2,1H3. The topological polar surface area (TPSA) is 38.0 Å². The Morgan fingerprint density at radius 2 is 1.85 bits per heavy atom. The van der Waals surface area contributed by atoms with E-state index in [1.165, 1.54) is 45.1 Å². The molecule has 0 aromatic heterocycles. The van der Waals surface area contributed by atoms with Crippen molar-refractivity contribution in [1.29, 1.82) is 0 Å². The van der Waals surface area contributed by atoms with Gasteiger partial charge in [0.05, 0.1) is 0 Å². The second kappa shape index (κ2) is 6.39. The first-order valence-corrected chi connectivity index (χ1v) is 5.77. The fourth-order valence-corrected chi connectivity index (χ4v) is 2.03. The van der Waals surface area contributed by atoms with Crippen LogP contribution < -0.4 is 11.1 Å². The number of nitrogens with one attached hydrogen (secondary N) is 1. The van der Waals surface area contributed by atoms with Gasteiger partial charge in [0.1, 0.15) is 0 Å². The third-order valence-corrected chi connectivity index (χ3v) is 3.08. The van der Waals surface area contributed by atoms with Crippen LogP contribution in [-0.2, 0) is 0 Å². The maximum atomic E-state index is 5.94. The molecule has 1 fully saturated rings. The molecule has 1 aliphatic heterocycles. The van der Waals surface area contributed by atoms with Gasteiger partial charge in [0.15, 0.2) is 0 Å². The van der Waals surface area contributed by atoms with Gasteiger partial charge in [-0.25, -0.2) is 0 Å². The summed E-state index contributed by atoms with van der Waals surface area (Å²) in [5.41, 5.74) is 5.94. The van der Waals surface area contributed by atoms with Crippen LogP contribution in [0.5, 0.6) is 0 Å². The molecule has 2 atom stereocenters. The molecule has 1 saturated heterocycles. The lowest BCUT2D eigenvalue weighted by atomic mass is 9.93. The van der Waals surface area contributed by atoms with Crippen LogP contribution in [0.2, 0.25) is 0 Å². The van der Waals surface area contributed by atoms with E-state index in [1.54, 1.807) is 0 Å². The largest absolute Gasteiger partial charge is 0.328 e. The van der Waals surface area contributed by atoms with Crippen molar-refractivity contribution in [2.45, 2.75) is 51.5 Å². The second-order valence-corrected chi connectivity index (χ2v) is 4.38. The molecule has 2 nitrogen and oxygen atoms in total. The Labute approximate surface area is 82.3 Å². The zero-order valence-electron chi connectivity index (χ0n) is 8.89. The predicted octanol–water partition coefficient (Wildman–Crippen LogP) is 1.89. The maximum Gasteiger partial charge on any atom is 0.00508 e. The van der Waals surface area contributed by atoms with E-state index in [-0.39, 0.29) is 0 Å². The Bertz CT molecular complexity index is 113. The van der Waals surface area contributed by atoms with Crippen molar-refractivity contribution in [3.8, 4) is 0 Å². The molecule has 1 rings (SSSR count). The summed E-state index contributed by atoms with van der Waals surface area (Å²) >= 11 is 0. The van der Waals surface area contributed by atoms with E-state index in [4.69, 9.17) is 5.73 Å². The minimum atomic E-state index is 0.354. The lowest BCUT2D eigenvalue weighted by molar-refractivity contribution is 0.360. The van der Waals surface area contributed by atoms with Crippen molar-refractivity contribution < 1.29 is 0 Å². The first kappa shape index (κ1) is 11.0. The smallest absolute Gasteiger partial charge is 0.00508 e. The number of hydrogen-bond acceptors (Lipinski definition) is 2. The highest BCUT2D eigenvalue weighted by Gasteiger charge is 2.13. The van der Waals surface area contributed by atoms with Gasteiger partial charge in [-0.2, -0.15) is 0 Å². The van der Waals surface area contributed by atoms with E-state index in [2.05, 4.69) is 12.2 Å². The molecule has 2 unspecified atom stereocenters. The summed E-state index contributed by atoms with van der Waals surface area (Å²) in [6.45, 7) is 4.44. The van der Waals surface area contributed by atoms with E-state index in [0.29, 0.717) is 12.0 Å². The van der Waals surface area contributed by atoms with Crippen molar-refractivity contribution in [2.75, 3.05) is 13.1 Å². The molecule has 78 valence electrons. The van der Waals surface area contributed by atoms with Gasteiger partial charge < -0.3 is 11.1 Å². The van der Waals surface area contributed by atoms with Gasteiger partial charge in [-0.05, 0) is 38.8 Å². The van der Waals surface area contributed by atoms with E-state index in [1.807, 2.05) is 0 Å². The van der Waals surface area contributed by atoms with Gasteiger partial charge in [-0.1, -0.05) is 25.7 Å². The van der Waals surface area contributed by atoms with E-state index < -0.39 is 0 Å². The van der Waals surface area contributed by atoms with E-state index in [0.717, 1.165) is 6.54 Å². The van der Waals surface area contributed by atoms with Gasteiger partial charge in [-0.15, -0.1) is 0 Å².